The maximum atomic E-state index is 14.8. The van der Waals surface area contributed by atoms with Gasteiger partial charge in [-0.2, -0.15) is 38.5 Å². The van der Waals surface area contributed by atoms with Gasteiger partial charge in [-0.3, -0.25) is 19.2 Å². The molecule has 0 spiro atoms. The van der Waals surface area contributed by atoms with Crippen molar-refractivity contribution in [3.63, 3.8) is 0 Å². The Kier molecular flexibility index (Phi) is 27.4. The molecule has 4 saturated carbocycles. The van der Waals surface area contributed by atoms with Crippen LogP contribution in [0, 0.1) is 0 Å². The van der Waals surface area contributed by atoms with Crippen LogP contribution in [0.25, 0.3) is 112 Å². The zero-order valence-electron chi connectivity index (χ0n) is 79.6. The molecule has 20 heterocycles. The van der Waals surface area contributed by atoms with Crippen LogP contribution < -0.4 is 42.5 Å². The second kappa shape index (κ2) is 41.2. The number of fused-ring (bicyclic) bond motifs is 8. The first-order chi connectivity index (χ1) is 70.2. The molecule has 16 aromatic rings. The van der Waals surface area contributed by atoms with E-state index in [1.807, 2.05) is 116 Å². The first kappa shape index (κ1) is 95.9. The van der Waals surface area contributed by atoms with Crippen LogP contribution >= 0.6 is 0 Å². The van der Waals surface area contributed by atoms with Crippen molar-refractivity contribution in [1.29, 1.82) is 0 Å². The third-order valence-corrected chi connectivity index (χ3v) is 29.0. The molecule has 24 rings (SSSR count). The van der Waals surface area contributed by atoms with Crippen molar-refractivity contribution in [2.45, 2.75) is 200 Å². The van der Waals surface area contributed by atoms with E-state index in [4.69, 9.17) is 38.9 Å². The number of anilines is 4. The van der Waals surface area contributed by atoms with E-state index in [-0.39, 0.29) is 98.4 Å². The lowest BCUT2D eigenvalue weighted by Crippen LogP contribution is -2.39. The van der Waals surface area contributed by atoms with Crippen LogP contribution in [0.1, 0.15) is 168 Å². The highest BCUT2D eigenvalue weighted by Gasteiger charge is 2.39. The molecule has 2 unspecified atom stereocenters. The molecular formula is C100H112F4N28O12. The van der Waals surface area contributed by atoms with Crippen molar-refractivity contribution in [2.24, 2.45) is 0 Å². The van der Waals surface area contributed by atoms with Crippen LogP contribution in [0.2, 0.25) is 0 Å². The molecule has 4 aliphatic heterocycles. The third kappa shape index (κ3) is 18.4. The molecule has 44 heteroatoms. The third-order valence-electron chi connectivity index (χ3n) is 29.0. The number of aromatic nitrogens is 20. The minimum Gasteiger partial charge on any atom is -0.391 e. The van der Waals surface area contributed by atoms with Gasteiger partial charge >= 0.3 is 0 Å². The lowest BCUT2D eigenvalue weighted by Gasteiger charge is -2.27. The molecule has 4 amide bonds. The van der Waals surface area contributed by atoms with Crippen LogP contribution in [0.5, 0.6) is 0 Å². The van der Waals surface area contributed by atoms with E-state index in [1.54, 1.807) is 71.0 Å². The fraction of sp³-hybridized carbons (Fsp3) is 0.440. The summed E-state index contributed by atoms with van der Waals surface area (Å²) < 4.78 is 94.4. The van der Waals surface area contributed by atoms with E-state index in [0.29, 0.717) is 191 Å². The van der Waals surface area contributed by atoms with Gasteiger partial charge in [0.1, 0.15) is 92.8 Å². The Morgan fingerprint density at radius 1 is 0.319 bits per heavy atom. The molecule has 4 saturated heterocycles. The van der Waals surface area contributed by atoms with Crippen molar-refractivity contribution in [3.05, 3.63) is 169 Å². The molecular weight excluding hydrogens is 1860 g/mol. The zero-order valence-corrected chi connectivity index (χ0v) is 79.6. The first-order valence-corrected chi connectivity index (χ1v) is 49.1. The molecule has 12 N–H and O–H groups in total. The number of alkyl halides is 4. The molecule has 16 aromatic heterocycles. The van der Waals surface area contributed by atoms with Gasteiger partial charge in [-0.25, -0.2) is 57.4 Å². The van der Waals surface area contributed by atoms with Crippen molar-refractivity contribution in [1.82, 2.24) is 118 Å². The van der Waals surface area contributed by atoms with Crippen LogP contribution in [0.3, 0.4) is 0 Å². The highest BCUT2D eigenvalue weighted by atomic mass is 19.1. The quantitative estimate of drug-likeness (QED) is 0.0315. The van der Waals surface area contributed by atoms with Crippen molar-refractivity contribution >= 4 is 114 Å². The number of amides is 4. The maximum absolute atomic E-state index is 14.8. The topological polar surface area (TPSA) is 474 Å². The Balaban J connectivity index is 0.000000113. The number of hydrogen-bond acceptors (Lipinski definition) is 28. The summed E-state index contributed by atoms with van der Waals surface area (Å²) in [6.07, 6.45) is 24.9. The number of hydrogen-bond donors (Lipinski definition) is 12. The molecule has 0 radical (unpaired) electrons. The van der Waals surface area contributed by atoms with Gasteiger partial charge in [0.2, 0.25) is 0 Å². The summed E-state index contributed by atoms with van der Waals surface area (Å²) in [6.45, 7) is 2.20. The maximum Gasteiger partial charge on any atom is 0.257 e. The minimum atomic E-state index is -1.14. The number of aliphatic hydroxyl groups excluding tert-OH is 4. The van der Waals surface area contributed by atoms with E-state index in [9.17, 15) is 57.2 Å². The van der Waals surface area contributed by atoms with Crippen molar-refractivity contribution in [3.8, 4) is 45.0 Å². The number of nitrogens with one attached hydrogen (secondary N) is 8. The van der Waals surface area contributed by atoms with Crippen LogP contribution in [-0.4, -0.2) is 295 Å². The molecule has 752 valence electrons. The number of carbonyl (C=O) groups excluding carboxylic acids is 4. The summed E-state index contributed by atoms with van der Waals surface area (Å²) in [6, 6.07) is 19.9. The number of pyridine rings is 4. The summed E-state index contributed by atoms with van der Waals surface area (Å²) in [5, 5.41) is 85.7. The van der Waals surface area contributed by atoms with E-state index < -0.39 is 49.1 Å². The molecule has 4 aliphatic carbocycles. The predicted octanol–water partition coefficient (Wildman–Crippen LogP) is 10.9. The fourth-order valence-corrected chi connectivity index (χ4v) is 21.4. The van der Waals surface area contributed by atoms with E-state index in [0.717, 1.165) is 95.2 Å². The number of aliphatic hydroxyl groups is 4. The van der Waals surface area contributed by atoms with Crippen molar-refractivity contribution in [2.75, 3.05) is 102 Å². The highest BCUT2D eigenvalue weighted by Crippen LogP contribution is 2.43. The monoisotopic (exact) mass is 1970 g/mol. The lowest BCUT2D eigenvalue weighted by atomic mass is 10.1. The number of carbonyl (C=O) groups is 4. The van der Waals surface area contributed by atoms with E-state index in [2.05, 4.69) is 82.9 Å². The first-order valence-electron chi connectivity index (χ1n) is 49.1. The average molecular weight is 1970 g/mol. The normalized spacial score (nSPS) is 24.4. The van der Waals surface area contributed by atoms with Gasteiger partial charge in [0.05, 0.1) is 147 Å². The van der Waals surface area contributed by atoms with Crippen LogP contribution in [0.15, 0.2) is 147 Å². The van der Waals surface area contributed by atoms with E-state index >= 15 is 0 Å². The Bertz CT molecular complexity index is 6600. The van der Waals surface area contributed by atoms with Gasteiger partial charge in [0.25, 0.3) is 23.6 Å². The Morgan fingerprint density at radius 3 is 0.736 bits per heavy atom. The second-order valence-corrected chi connectivity index (χ2v) is 37.7. The molecule has 0 bridgehead atoms. The summed E-state index contributed by atoms with van der Waals surface area (Å²) in [4.78, 5) is 90.0. The van der Waals surface area contributed by atoms with Crippen LogP contribution in [-0.2, 0) is 18.9 Å². The molecule has 40 nitrogen and oxygen atoms in total. The molecule has 144 heavy (non-hydrogen) atoms. The summed E-state index contributed by atoms with van der Waals surface area (Å²) in [5.74, 6) is 1.29. The molecule has 8 fully saturated rings. The number of ether oxygens (including phenoxy) is 4. The van der Waals surface area contributed by atoms with E-state index in [1.165, 1.54) is 24.8 Å². The Labute approximate surface area is 820 Å². The van der Waals surface area contributed by atoms with Gasteiger partial charge in [0, 0.05) is 172 Å². The highest BCUT2D eigenvalue weighted by molar-refractivity contribution is 6.05. The van der Waals surface area contributed by atoms with Gasteiger partial charge in [-0.05, 0) is 151 Å². The zero-order chi connectivity index (χ0) is 99.2. The number of nitrogens with zero attached hydrogens (tertiary/aromatic N) is 20. The second-order valence-electron chi connectivity index (χ2n) is 37.7. The predicted molar refractivity (Wildman–Crippen MR) is 527 cm³/mol. The smallest absolute Gasteiger partial charge is 0.257 e. The van der Waals surface area contributed by atoms with Gasteiger partial charge in [-0.15, -0.1) is 0 Å². The van der Waals surface area contributed by atoms with Gasteiger partial charge in [-0.1, -0.05) is 0 Å². The van der Waals surface area contributed by atoms with Gasteiger partial charge < -0.3 is 100 Å². The Hall–Kier alpha value is -14.3. The van der Waals surface area contributed by atoms with Crippen LogP contribution in [0.4, 0.5) is 40.8 Å². The lowest BCUT2D eigenvalue weighted by molar-refractivity contribution is 0.00443. The molecule has 0 aromatic carbocycles. The largest absolute Gasteiger partial charge is 0.391 e. The average Bonchev–Trinajstić information content (AvgIpc) is 1.60. The van der Waals surface area contributed by atoms with Gasteiger partial charge in [0.15, 0.2) is 22.6 Å². The number of rotatable bonds is 20. The summed E-state index contributed by atoms with van der Waals surface area (Å²) in [7, 11) is 7.09. The number of halogens is 4. The molecule has 16 atom stereocenters. The minimum absolute atomic E-state index is 0.0601. The summed E-state index contributed by atoms with van der Waals surface area (Å²) >= 11 is 0. The summed E-state index contributed by atoms with van der Waals surface area (Å²) in [5.41, 5.74) is 11.2. The Morgan fingerprint density at radius 2 is 0.542 bits per heavy atom. The molecule has 8 aliphatic rings. The SMILES string of the molecule is CNc1cc(-c2cn([C@@H]3CCOC[C@@H]3F)c3ncccc23)nc2c(C(=O)NC3CCC[C@H]3O)cnn12.CNc1cc(-c2cn([C@H]3CCOC[C@H]3F)c3ncccc23)nc2c(C(=O)NC3CCC[C@H]3O)cnn12.CNc1cc(-c2cn([C@H]3CCOC[C@H]3F)c3ncccc23)nc2c(C(=O)N[C@@H]3CCC[C@@H]3O)cnn12.CNc1cc(-c2cn([C@H]3CCOC[C@H]3F)c3ncccc23)nc2c(C(=O)N[C@H]3CCC[C@H]3O)cnn12. The van der Waals surface area contributed by atoms with Crippen molar-refractivity contribution < 1.29 is 76.1 Å². The fourth-order valence-electron chi connectivity index (χ4n) is 21.4. The standard InChI is InChI=1S/4C25H28FN7O3/c4*1-27-22-10-19(30-24-15(11-29-33(22)24)25(35)31-18-5-2-6-21(18)34)16-12-32(20-7-9-36-13-17(20)26)23-14(16)4-3-8-28-23/h4*3-4,8,10-12,17-18,20-21,27,34H,2,5-7,9,13H2,1H3,(H,31,35)/t17-,18?,20+,21+;17-,18?,20+,21-;17-,18+,20+,21-;17-,18-,20+,21+/m0111/s1.